The summed E-state index contributed by atoms with van der Waals surface area (Å²) in [5, 5.41) is 20.2. The summed E-state index contributed by atoms with van der Waals surface area (Å²) >= 11 is 3.15. The van der Waals surface area contributed by atoms with Gasteiger partial charge in [-0.2, -0.15) is 0 Å². The highest BCUT2D eigenvalue weighted by Crippen LogP contribution is 2.32. The molecule has 16 heavy (non-hydrogen) atoms. The molecule has 1 heterocycles. The van der Waals surface area contributed by atoms with E-state index >= 15 is 0 Å². The summed E-state index contributed by atoms with van der Waals surface area (Å²) in [7, 11) is 0. The maximum atomic E-state index is 11.2. The second-order valence-electron chi connectivity index (χ2n) is 2.98. The number of rotatable bonds is 1. The van der Waals surface area contributed by atoms with E-state index in [0.29, 0.717) is 4.47 Å². The zero-order valence-electron chi connectivity index (χ0n) is 7.64. The van der Waals surface area contributed by atoms with Crippen LogP contribution in [0.4, 0.5) is 5.69 Å². The van der Waals surface area contributed by atoms with E-state index in [0.717, 1.165) is 0 Å². The van der Waals surface area contributed by atoms with Crippen LogP contribution in [0, 0.1) is 10.1 Å². The average molecular weight is 286 g/mol. The smallest absolute Gasteiger partial charge is 0.419 e. The van der Waals surface area contributed by atoms with Gasteiger partial charge in [-0.15, -0.1) is 0 Å². The van der Waals surface area contributed by atoms with Gasteiger partial charge in [-0.05, 0) is 18.2 Å². The van der Waals surface area contributed by atoms with E-state index in [9.17, 15) is 20.0 Å². The van der Waals surface area contributed by atoms with Crippen LogP contribution in [-0.2, 0) is 0 Å². The summed E-state index contributed by atoms with van der Waals surface area (Å²) in [6.07, 6.45) is 0. The summed E-state index contributed by atoms with van der Waals surface area (Å²) in [5.41, 5.74) is -2.04. The highest BCUT2D eigenvalue weighted by atomic mass is 79.9. The highest BCUT2D eigenvalue weighted by molar-refractivity contribution is 9.10. The van der Waals surface area contributed by atoms with Gasteiger partial charge >= 0.3 is 11.3 Å². The second kappa shape index (κ2) is 3.60. The van der Waals surface area contributed by atoms with E-state index in [1.54, 1.807) is 6.07 Å². The Morgan fingerprint density at radius 2 is 2.12 bits per heavy atom. The minimum absolute atomic E-state index is 0.0856. The molecule has 1 aromatic heterocycles. The molecule has 0 aliphatic rings. The lowest BCUT2D eigenvalue weighted by Crippen LogP contribution is -2.06. The van der Waals surface area contributed by atoms with E-state index in [1.807, 2.05) is 0 Å². The number of benzene rings is 1. The Hall–Kier alpha value is -1.89. The van der Waals surface area contributed by atoms with Crippen molar-refractivity contribution in [1.82, 2.24) is 0 Å². The number of fused-ring (bicyclic) bond motifs is 1. The van der Waals surface area contributed by atoms with Crippen LogP contribution >= 0.6 is 15.9 Å². The van der Waals surface area contributed by atoms with Crippen molar-refractivity contribution in [3.8, 4) is 5.75 Å². The van der Waals surface area contributed by atoms with Gasteiger partial charge in [-0.25, -0.2) is 4.79 Å². The van der Waals surface area contributed by atoms with E-state index in [2.05, 4.69) is 15.9 Å². The lowest BCUT2D eigenvalue weighted by Gasteiger charge is -2.00. The zero-order chi connectivity index (χ0) is 11.9. The summed E-state index contributed by atoms with van der Waals surface area (Å²) in [5.74, 6) is -0.677. The molecule has 1 aromatic carbocycles. The van der Waals surface area contributed by atoms with Crippen molar-refractivity contribution >= 4 is 32.6 Å². The van der Waals surface area contributed by atoms with Crippen molar-refractivity contribution in [2.45, 2.75) is 0 Å². The number of nitrogens with zero attached hydrogens (tertiary/aromatic N) is 1. The van der Waals surface area contributed by atoms with E-state index in [1.165, 1.54) is 12.1 Å². The Kier molecular flexibility index (Phi) is 2.39. The molecule has 6 nitrogen and oxygen atoms in total. The number of aromatic hydroxyl groups is 1. The van der Waals surface area contributed by atoms with Crippen LogP contribution in [0.3, 0.4) is 0 Å². The first-order chi connectivity index (χ1) is 7.50. The number of halogens is 1. The molecule has 0 fully saturated rings. The quantitative estimate of drug-likeness (QED) is 0.492. The first kappa shape index (κ1) is 10.6. The van der Waals surface area contributed by atoms with Gasteiger partial charge in [-0.3, -0.25) is 10.1 Å². The van der Waals surface area contributed by atoms with Crippen molar-refractivity contribution in [2.24, 2.45) is 0 Å². The summed E-state index contributed by atoms with van der Waals surface area (Å²) in [6.45, 7) is 0. The molecule has 0 saturated carbocycles. The molecule has 0 amide bonds. The lowest BCUT2D eigenvalue weighted by atomic mass is 10.2. The molecule has 0 bridgehead atoms. The van der Waals surface area contributed by atoms with Crippen LogP contribution in [0.5, 0.6) is 5.75 Å². The van der Waals surface area contributed by atoms with Gasteiger partial charge in [0, 0.05) is 4.47 Å². The second-order valence-corrected chi connectivity index (χ2v) is 3.90. The van der Waals surface area contributed by atoms with Gasteiger partial charge in [0.15, 0.2) is 0 Å². The molecule has 2 aromatic rings. The van der Waals surface area contributed by atoms with Crippen LogP contribution in [0.1, 0.15) is 0 Å². The third-order valence-corrected chi connectivity index (χ3v) is 2.49. The van der Waals surface area contributed by atoms with Crippen LogP contribution in [0.2, 0.25) is 0 Å². The molecule has 0 radical (unpaired) electrons. The van der Waals surface area contributed by atoms with Crippen LogP contribution in [0.15, 0.2) is 31.9 Å². The van der Waals surface area contributed by atoms with Gasteiger partial charge < -0.3 is 9.52 Å². The fourth-order valence-electron chi connectivity index (χ4n) is 1.31. The van der Waals surface area contributed by atoms with Gasteiger partial charge in [0.25, 0.3) is 0 Å². The summed E-state index contributed by atoms with van der Waals surface area (Å²) in [6, 6.07) is 4.44. The first-order valence-electron chi connectivity index (χ1n) is 4.10. The van der Waals surface area contributed by atoms with Crippen LogP contribution in [0.25, 0.3) is 11.0 Å². The van der Waals surface area contributed by atoms with E-state index in [-0.39, 0.29) is 11.0 Å². The van der Waals surface area contributed by atoms with Crippen molar-refractivity contribution in [3.05, 3.63) is 43.2 Å². The molecule has 7 heteroatoms. The maximum Gasteiger partial charge on any atom is 0.419 e. The van der Waals surface area contributed by atoms with Gasteiger partial charge in [0.05, 0.1) is 10.3 Å². The van der Waals surface area contributed by atoms with Crippen molar-refractivity contribution in [2.75, 3.05) is 0 Å². The van der Waals surface area contributed by atoms with Gasteiger partial charge in [0.2, 0.25) is 5.75 Å². The lowest BCUT2D eigenvalue weighted by molar-refractivity contribution is -0.388. The Balaban J connectivity index is 2.94. The molecule has 0 spiro atoms. The summed E-state index contributed by atoms with van der Waals surface area (Å²) in [4.78, 5) is 20.8. The van der Waals surface area contributed by atoms with Crippen molar-refractivity contribution < 1.29 is 14.4 Å². The number of hydrogen-bond donors (Lipinski definition) is 1. The molecule has 0 aliphatic carbocycles. The topological polar surface area (TPSA) is 93.6 Å². The molecule has 0 aliphatic heterocycles. The van der Waals surface area contributed by atoms with E-state index < -0.39 is 22.0 Å². The molecule has 1 N–H and O–H groups in total. The van der Waals surface area contributed by atoms with Crippen molar-refractivity contribution in [1.29, 1.82) is 0 Å². The normalized spacial score (nSPS) is 10.6. The number of nitro groups is 1. The minimum atomic E-state index is -1.17. The molecule has 0 unspecified atom stereocenters. The molecule has 2 rings (SSSR count). The zero-order valence-corrected chi connectivity index (χ0v) is 9.22. The Labute approximate surface area is 96.4 Å². The van der Waals surface area contributed by atoms with Gasteiger partial charge in [0.1, 0.15) is 5.58 Å². The monoisotopic (exact) mass is 285 g/mol. The first-order valence-corrected chi connectivity index (χ1v) is 4.89. The Bertz CT molecular complexity index is 648. The van der Waals surface area contributed by atoms with Crippen LogP contribution in [-0.4, -0.2) is 10.0 Å². The Morgan fingerprint density at radius 1 is 1.44 bits per heavy atom. The largest absolute Gasteiger partial charge is 0.501 e. The third kappa shape index (κ3) is 1.54. The SMILES string of the molecule is O=c1oc2cc(Br)ccc2c(O)c1[N+](=O)[O-]. The number of hydrogen-bond acceptors (Lipinski definition) is 5. The molecular formula is C9H4BrNO5. The highest BCUT2D eigenvalue weighted by Gasteiger charge is 2.24. The maximum absolute atomic E-state index is 11.2. The third-order valence-electron chi connectivity index (χ3n) is 2.00. The predicted octanol–water partition coefficient (Wildman–Crippen LogP) is 2.17. The van der Waals surface area contributed by atoms with Crippen molar-refractivity contribution in [3.63, 3.8) is 0 Å². The fraction of sp³-hybridized carbons (Fsp3) is 0. The molecule has 0 saturated heterocycles. The molecule has 0 atom stereocenters. The van der Waals surface area contributed by atoms with Gasteiger partial charge in [-0.1, -0.05) is 15.9 Å². The molecule has 82 valence electrons. The van der Waals surface area contributed by atoms with Crippen LogP contribution < -0.4 is 5.63 Å². The standard InChI is InChI=1S/C9H4BrNO5/c10-4-1-2-5-6(3-4)16-9(13)7(8(5)12)11(14)15/h1-3,12H. The summed E-state index contributed by atoms with van der Waals surface area (Å²) < 4.78 is 5.36. The average Bonchev–Trinajstić information content (AvgIpc) is 2.15. The minimum Gasteiger partial charge on any atom is -0.501 e. The predicted molar refractivity (Wildman–Crippen MR) is 58.5 cm³/mol. The van der Waals surface area contributed by atoms with E-state index in [4.69, 9.17) is 4.42 Å². The fourth-order valence-corrected chi connectivity index (χ4v) is 1.65. The molecular weight excluding hydrogens is 282 g/mol. The Morgan fingerprint density at radius 3 is 2.75 bits per heavy atom.